The molecule has 0 aliphatic rings. The number of phenolic OH excluding ortho intramolecular Hbond substituents is 1. The van der Waals surface area contributed by atoms with Gasteiger partial charge in [-0.25, -0.2) is 0 Å². The SMILES string of the molecule is CCCCOC(=O)CSc1ccc(O)cc1. The van der Waals surface area contributed by atoms with E-state index in [1.807, 2.05) is 0 Å². The van der Waals surface area contributed by atoms with Crippen LogP contribution in [0, 0.1) is 0 Å². The normalized spacial score (nSPS) is 10.1. The number of ether oxygens (including phenoxy) is 1. The molecule has 0 saturated heterocycles. The summed E-state index contributed by atoms with van der Waals surface area (Å²) in [6.07, 6.45) is 1.94. The van der Waals surface area contributed by atoms with Crippen LogP contribution in [0.2, 0.25) is 0 Å². The summed E-state index contributed by atoms with van der Waals surface area (Å²) in [4.78, 5) is 12.2. The first kappa shape index (κ1) is 12.9. The van der Waals surface area contributed by atoms with E-state index in [9.17, 15) is 4.79 Å². The molecule has 0 atom stereocenters. The lowest BCUT2D eigenvalue weighted by atomic mass is 10.3. The zero-order valence-electron chi connectivity index (χ0n) is 9.31. The van der Waals surface area contributed by atoms with Crippen LogP contribution in [0.25, 0.3) is 0 Å². The standard InChI is InChI=1S/C12H16O3S/c1-2-3-8-15-12(14)9-16-11-6-4-10(13)5-7-11/h4-7,13H,2-3,8-9H2,1H3. The van der Waals surface area contributed by atoms with Crippen LogP contribution in [-0.4, -0.2) is 23.4 Å². The van der Waals surface area contributed by atoms with E-state index in [2.05, 4.69) is 6.92 Å². The fourth-order valence-corrected chi connectivity index (χ4v) is 1.75. The van der Waals surface area contributed by atoms with Gasteiger partial charge in [0.15, 0.2) is 0 Å². The van der Waals surface area contributed by atoms with E-state index in [0.29, 0.717) is 12.4 Å². The summed E-state index contributed by atoms with van der Waals surface area (Å²) in [6.45, 7) is 2.56. The highest BCUT2D eigenvalue weighted by Gasteiger charge is 2.03. The van der Waals surface area contributed by atoms with Crippen molar-refractivity contribution < 1.29 is 14.6 Å². The Labute approximate surface area is 99.8 Å². The lowest BCUT2D eigenvalue weighted by molar-refractivity contribution is -0.140. The van der Waals surface area contributed by atoms with Gasteiger partial charge in [-0.3, -0.25) is 4.79 Å². The van der Waals surface area contributed by atoms with Gasteiger partial charge in [0.2, 0.25) is 0 Å². The number of phenols is 1. The van der Waals surface area contributed by atoms with Crippen molar-refractivity contribution in [1.29, 1.82) is 0 Å². The van der Waals surface area contributed by atoms with Crippen molar-refractivity contribution in [3.63, 3.8) is 0 Å². The van der Waals surface area contributed by atoms with Gasteiger partial charge in [0.05, 0.1) is 12.4 Å². The van der Waals surface area contributed by atoms with Crippen molar-refractivity contribution in [2.24, 2.45) is 0 Å². The average Bonchev–Trinajstić information content (AvgIpc) is 2.29. The third-order valence-corrected chi connectivity index (χ3v) is 2.94. The van der Waals surface area contributed by atoms with E-state index in [0.717, 1.165) is 17.7 Å². The van der Waals surface area contributed by atoms with Crippen LogP contribution >= 0.6 is 11.8 Å². The van der Waals surface area contributed by atoms with Crippen LogP contribution in [0.5, 0.6) is 5.75 Å². The Balaban J connectivity index is 2.23. The highest BCUT2D eigenvalue weighted by molar-refractivity contribution is 8.00. The maximum atomic E-state index is 11.3. The molecule has 0 radical (unpaired) electrons. The molecule has 16 heavy (non-hydrogen) atoms. The van der Waals surface area contributed by atoms with E-state index in [-0.39, 0.29) is 11.7 Å². The van der Waals surface area contributed by atoms with Gasteiger partial charge in [-0.2, -0.15) is 0 Å². The zero-order chi connectivity index (χ0) is 11.8. The maximum absolute atomic E-state index is 11.3. The largest absolute Gasteiger partial charge is 0.508 e. The quantitative estimate of drug-likeness (QED) is 0.472. The molecule has 0 aliphatic heterocycles. The summed E-state index contributed by atoms with van der Waals surface area (Å²) in [5.41, 5.74) is 0. The summed E-state index contributed by atoms with van der Waals surface area (Å²) in [7, 11) is 0. The Hall–Kier alpha value is -1.16. The van der Waals surface area contributed by atoms with Crippen LogP contribution in [0.4, 0.5) is 0 Å². The lowest BCUT2D eigenvalue weighted by Crippen LogP contribution is -2.08. The monoisotopic (exact) mass is 240 g/mol. The first-order chi connectivity index (χ1) is 7.72. The molecule has 0 saturated carbocycles. The molecule has 1 aromatic rings. The van der Waals surface area contributed by atoms with Crippen molar-refractivity contribution in [3.8, 4) is 5.75 Å². The van der Waals surface area contributed by atoms with Crippen LogP contribution in [0.1, 0.15) is 19.8 Å². The average molecular weight is 240 g/mol. The van der Waals surface area contributed by atoms with Gasteiger partial charge >= 0.3 is 5.97 Å². The number of benzene rings is 1. The number of carbonyl (C=O) groups is 1. The Morgan fingerprint density at radius 1 is 1.38 bits per heavy atom. The minimum atomic E-state index is -0.188. The number of thioether (sulfide) groups is 1. The highest BCUT2D eigenvalue weighted by atomic mass is 32.2. The third-order valence-electron chi connectivity index (χ3n) is 1.95. The van der Waals surface area contributed by atoms with E-state index in [1.54, 1.807) is 24.3 Å². The lowest BCUT2D eigenvalue weighted by Gasteiger charge is -2.03. The van der Waals surface area contributed by atoms with E-state index >= 15 is 0 Å². The highest BCUT2D eigenvalue weighted by Crippen LogP contribution is 2.20. The summed E-state index contributed by atoms with van der Waals surface area (Å²) in [5, 5.41) is 9.08. The molecular formula is C12H16O3S. The molecular weight excluding hydrogens is 224 g/mol. The minimum Gasteiger partial charge on any atom is -0.508 e. The number of rotatable bonds is 6. The number of hydrogen-bond acceptors (Lipinski definition) is 4. The van der Waals surface area contributed by atoms with Crippen LogP contribution in [-0.2, 0) is 9.53 Å². The first-order valence-electron chi connectivity index (χ1n) is 5.30. The molecule has 0 amide bonds. The predicted molar refractivity (Wildman–Crippen MR) is 64.7 cm³/mol. The molecule has 0 spiro atoms. The van der Waals surface area contributed by atoms with Gasteiger partial charge < -0.3 is 9.84 Å². The van der Waals surface area contributed by atoms with Crippen molar-refractivity contribution >= 4 is 17.7 Å². The summed E-state index contributed by atoms with van der Waals surface area (Å²) < 4.78 is 5.02. The van der Waals surface area contributed by atoms with Crippen molar-refractivity contribution in [3.05, 3.63) is 24.3 Å². The molecule has 0 bridgehead atoms. The van der Waals surface area contributed by atoms with E-state index in [4.69, 9.17) is 9.84 Å². The van der Waals surface area contributed by atoms with Crippen molar-refractivity contribution in [2.75, 3.05) is 12.4 Å². The topological polar surface area (TPSA) is 46.5 Å². The van der Waals surface area contributed by atoms with Gasteiger partial charge in [-0.05, 0) is 30.7 Å². The zero-order valence-corrected chi connectivity index (χ0v) is 10.1. The number of esters is 1. The summed E-state index contributed by atoms with van der Waals surface area (Å²) >= 11 is 1.41. The molecule has 0 fully saturated rings. The van der Waals surface area contributed by atoms with E-state index in [1.165, 1.54) is 11.8 Å². The summed E-state index contributed by atoms with van der Waals surface area (Å²) in [6, 6.07) is 6.76. The van der Waals surface area contributed by atoms with Gasteiger partial charge in [0.25, 0.3) is 0 Å². The number of unbranched alkanes of at least 4 members (excludes halogenated alkanes) is 1. The third kappa shape index (κ3) is 5.07. The fraction of sp³-hybridized carbons (Fsp3) is 0.417. The van der Waals surface area contributed by atoms with Crippen LogP contribution in [0.3, 0.4) is 0 Å². The second kappa shape index (κ2) is 7.17. The molecule has 0 heterocycles. The van der Waals surface area contributed by atoms with Gasteiger partial charge in [0.1, 0.15) is 5.75 Å². The van der Waals surface area contributed by atoms with Crippen LogP contribution < -0.4 is 0 Å². The Morgan fingerprint density at radius 3 is 2.69 bits per heavy atom. The Morgan fingerprint density at radius 2 is 2.06 bits per heavy atom. The van der Waals surface area contributed by atoms with Crippen LogP contribution in [0.15, 0.2) is 29.2 Å². The molecule has 0 unspecified atom stereocenters. The second-order valence-electron chi connectivity index (χ2n) is 3.36. The van der Waals surface area contributed by atoms with Crippen molar-refractivity contribution in [1.82, 2.24) is 0 Å². The summed E-state index contributed by atoms with van der Waals surface area (Å²) in [5.74, 6) is 0.357. The molecule has 1 N–H and O–H groups in total. The molecule has 3 nitrogen and oxygen atoms in total. The number of aromatic hydroxyl groups is 1. The maximum Gasteiger partial charge on any atom is 0.316 e. The smallest absolute Gasteiger partial charge is 0.316 e. The molecule has 88 valence electrons. The first-order valence-corrected chi connectivity index (χ1v) is 6.28. The molecule has 0 aliphatic carbocycles. The Kier molecular flexibility index (Phi) is 5.78. The molecule has 1 aromatic carbocycles. The Bertz CT molecular complexity index is 322. The van der Waals surface area contributed by atoms with Crippen molar-refractivity contribution in [2.45, 2.75) is 24.7 Å². The number of hydrogen-bond donors (Lipinski definition) is 1. The fourth-order valence-electron chi connectivity index (χ4n) is 1.06. The molecule has 1 rings (SSSR count). The van der Waals surface area contributed by atoms with Gasteiger partial charge in [0, 0.05) is 4.90 Å². The molecule has 0 aromatic heterocycles. The number of carbonyl (C=O) groups excluding carboxylic acids is 1. The predicted octanol–water partition coefficient (Wildman–Crippen LogP) is 2.83. The second-order valence-corrected chi connectivity index (χ2v) is 4.41. The molecule has 4 heteroatoms. The van der Waals surface area contributed by atoms with E-state index < -0.39 is 0 Å². The van der Waals surface area contributed by atoms with Gasteiger partial charge in [-0.15, -0.1) is 11.8 Å². The minimum absolute atomic E-state index is 0.188. The van der Waals surface area contributed by atoms with Gasteiger partial charge in [-0.1, -0.05) is 13.3 Å².